The topological polar surface area (TPSA) is 50.4 Å². The number of nitrogens with one attached hydrogen (secondary N) is 1. The van der Waals surface area contributed by atoms with Crippen molar-refractivity contribution in [2.75, 3.05) is 18.4 Å². The SMILES string of the molecule is Cc1nc2ccccn2c1CN1CCC(Nc2nc3ccccc3n2Cc2ccc(F)cc2)CC1. The predicted octanol–water partition coefficient (Wildman–Crippen LogP) is 5.26. The first-order valence-corrected chi connectivity index (χ1v) is 12.3. The Hall–Kier alpha value is -3.71. The molecule has 0 unspecified atom stereocenters. The Kier molecular flexibility index (Phi) is 5.70. The number of likely N-dealkylation sites (tertiary alicyclic amines) is 1. The monoisotopic (exact) mass is 468 g/mol. The van der Waals surface area contributed by atoms with Crippen LogP contribution < -0.4 is 5.32 Å². The third-order valence-corrected chi connectivity index (χ3v) is 7.03. The van der Waals surface area contributed by atoms with Crippen LogP contribution in [0.5, 0.6) is 0 Å². The lowest BCUT2D eigenvalue weighted by atomic mass is 10.0. The number of piperidine rings is 1. The molecule has 3 aromatic heterocycles. The zero-order valence-corrected chi connectivity index (χ0v) is 19.9. The van der Waals surface area contributed by atoms with E-state index in [4.69, 9.17) is 9.97 Å². The van der Waals surface area contributed by atoms with Gasteiger partial charge in [0.05, 0.1) is 29.0 Å². The number of para-hydroxylation sites is 2. The second-order valence-electron chi connectivity index (χ2n) is 9.40. The molecule has 4 heterocycles. The molecular weight excluding hydrogens is 439 g/mol. The van der Waals surface area contributed by atoms with Crippen molar-refractivity contribution in [3.63, 3.8) is 0 Å². The average molecular weight is 469 g/mol. The van der Waals surface area contributed by atoms with E-state index in [-0.39, 0.29) is 5.82 Å². The summed E-state index contributed by atoms with van der Waals surface area (Å²) >= 11 is 0. The number of benzene rings is 2. The van der Waals surface area contributed by atoms with Crippen LogP contribution in [0.1, 0.15) is 29.8 Å². The number of hydrogen-bond donors (Lipinski definition) is 1. The fraction of sp³-hybridized carbons (Fsp3) is 0.286. The molecule has 178 valence electrons. The zero-order chi connectivity index (χ0) is 23.8. The van der Waals surface area contributed by atoms with E-state index in [1.807, 2.05) is 36.4 Å². The molecular formula is C28H29FN6. The Morgan fingerprint density at radius 3 is 2.51 bits per heavy atom. The van der Waals surface area contributed by atoms with E-state index >= 15 is 0 Å². The van der Waals surface area contributed by atoms with Crippen molar-refractivity contribution in [1.29, 1.82) is 0 Å². The Balaban J connectivity index is 1.16. The van der Waals surface area contributed by atoms with E-state index in [1.54, 1.807) is 0 Å². The van der Waals surface area contributed by atoms with Gasteiger partial charge in [0.15, 0.2) is 0 Å². The van der Waals surface area contributed by atoms with Crippen LogP contribution in [0, 0.1) is 12.7 Å². The number of rotatable bonds is 6. The lowest BCUT2D eigenvalue weighted by Gasteiger charge is -2.32. The van der Waals surface area contributed by atoms with Gasteiger partial charge in [-0.3, -0.25) is 4.90 Å². The Morgan fingerprint density at radius 1 is 0.914 bits per heavy atom. The third kappa shape index (κ3) is 4.39. The van der Waals surface area contributed by atoms with Crippen LogP contribution in [0.25, 0.3) is 16.7 Å². The number of aromatic nitrogens is 4. The normalized spacial score (nSPS) is 15.3. The van der Waals surface area contributed by atoms with Crippen LogP contribution >= 0.6 is 0 Å². The molecule has 2 aromatic carbocycles. The molecule has 0 bridgehead atoms. The molecule has 1 aliphatic rings. The summed E-state index contributed by atoms with van der Waals surface area (Å²) in [5.74, 6) is 0.667. The van der Waals surface area contributed by atoms with E-state index in [1.165, 1.54) is 17.8 Å². The third-order valence-electron chi connectivity index (χ3n) is 7.03. The van der Waals surface area contributed by atoms with Gasteiger partial charge in [-0.25, -0.2) is 14.4 Å². The minimum Gasteiger partial charge on any atom is -0.353 e. The smallest absolute Gasteiger partial charge is 0.204 e. The van der Waals surface area contributed by atoms with Gasteiger partial charge in [-0.2, -0.15) is 0 Å². The number of pyridine rings is 1. The highest BCUT2D eigenvalue weighted by molar-refractivity contribution is 5.78. The first-order valence-electron chi connectivity index (χ1n) is 12.3. The summed E-state index contributed by atoms with van der Waals surface area (Å²) in [7, 11) is 0. The maximum atomic E-state index is 13.4. The van der Waals surface area contributed by atoms with Crippen LogP contribution in [0.2, 0.25) is 0 Å². The molecule has 0 saturated carbocycles. The van der Waals surface area contributed by atoms with Gasteiger partial charge < -0.3 is 14.3 Å². The second kappa shape index (κ2) is 9.15. The highest BCUT2D eigenvalue weighted by Gasteiger charge is 2.23. The van der Waals surface area contributed by atoms with Crippen molar-refractivity contribution in [3.05, 3.63) is 95.7 Å². The Labute approximate surface area is 204 Å². The lowest BCUT2D eigenvalue weighted by molar-refractivity contribution is 0.208. The Morgan fingerprint density at radius 2 is 1.69 bits per heavy atom. The molecule has 0 radical (unpaired) electrons. The van der Waals surface area contributed by atoms with Crippen molar-refractivity contribution in [1.82, 2.24) is 23.8 Å². The van der Waals surface area contributed by atoms with Crippen molar-refractivity contribution in [2.45, 2.75) is 38.9 Å². The van der Waals surface area contributed by atoms with Crippen LogP contribution in [-0.2, 0) is 13.1 Å². The molecule has 0 amide bonds. The predicted molar refractivity (Wildman–Crippen MR) is 137 cm³/mol. The maximum absolute atomic E-state index is 13.4. The summed E-state index contributed by atoms with van der Waals surface area (Å²) in [6.45, 7) is 5.70. The molecule has 1 N–H and O–H groups in total. The van der Waals surface area contributed by atoms with E-state index in [2.05, 4.69) is 50.5 Å². The summed E-state index contributed by atoms with van der Waals surface area (Å²) in [5, 5.41) is 3.72. The number of aryl methyl sites for hydroxylation is 1. The summed E-state index contributed by atoms with van der Waals surface area (Å²) in [5.41, 5.74) is 6.49. The standard InChI is InChI=1S/C28H29FN6/c1-20-26(34-15-5-4-8-27(34)30-20)19-33-16-13-23(14-17-33)31-28-32-24-6-2-3-7-25(24)35(28)18-21-9-11-22(29)12-10-21/h2-12,15,23H,13-14,16-19H2,1H3,(H,31,32). The number of nitrogens with zero attached hydrogens (tertiary/aromatic N) is 5. The van der Waals surface area contributed by atoms with Crippen LogP contribution in [-0.4, -0.2) is 43.0 Å². The lowest BCUT2D eigenvalue weighted by Crippen LogP contribution is -2.39. The highest BCUT2D eigenvalue weighted by atomic mass is 19.1. The zero-order valence-electron chi connectivity index (χ0n) is 19.9. The molecule has 7 heteroatoms. The molecule has 5 aromatic rings. The minimum atomic E-state index is -0.214. The number of anilines is 1. The van der Waals surface area contributed by atoms with Crippen molar-refractivity contribution < 1.29 is 4.39 Å². The van der Waals surface area contributed by atoms with Gasteiger partial charge in [-0.1, -0.05) is 30.3 Å². The number of fused-ring (bicyclic) bond motifs is 2. The first kappa shape index (κ1) is 21.8. The van der Waals surface area contributed by atoms with Gasteiger partial charge in [-0.05, 0) is 61.7 Å². The van der Waals surface area contributed by atoms with E-state index in [0.29, 0.717) is 12.6 Å². The van der Waals surface area contributed by atoms with Crippen LogP contribution in [0.4, 0.5) is 10.3 Å². The van der Waals surface area contributed by atoms with Gasteiger partial charge in [0, 0.05) is 31.9 Å². The summed E-state index contributed by atoms with van der Waals surface area (Å²) in [6.07, 6.45) is 4.20. The molecule has 6 nitrogen and oxygen atoms in total. The van der Waals surface area contributed by atoms with E-state index in [9.17, 15) is 4.39 Å². The van der Waals surface area contributed by atoms with Crippen molar-refractivity contribution >= 4 is 22.6 Å². The quantitative estimate of drug-likeness (QED) is 0.370. The molecule has 0 spiro atoms. The van der Waals surface area contributed by atoms with E-state index < -0.39 is 0 Å². The van der Waals surface area contributed by atoms with E-state index in [0.717, 1.165) is 66.4 Å². The van der Waals surface area contributed by atoms with Gasteiger partial charge >= 0.3 is 0 Å². The molecule has 1 saturated heterocycles. The van der Waals surface area contributed by atoms with Crippen LogP contribution in [0.15, 0.2) is 72.9 Å². The second-order valence-corrected chi connectivity index (χ2v) is 9.40. The summed E-state index contributed by atoms with van der Waals surface area (Å²) in [4.78, 5) is 12.1. The Bertz CT molecular complexity index is 1460. The van der Waals surface area contributed by atoms with Crippen LogP contribution in [0.3, 0.4) is 0 Å². The maximum Gasteiger partial charge on any atom is 0.204 e. The van der Waals surface area contributed by atoms with Gasteiger partial charge in [0.25, 0.3) is 0 Å². The summed E-state index contributed by atoms with van der Waals surface area (Å²) in [6, 6.07) is 21.4. The fourth-order valence-electron chi connectivity index (χ4n) is 5.10. The number of hydrogen-bond acceptors (Lipinski definition) is 4. The van der Waals surface area contributed by atoms with Gasteiger partial charge in [0.2, 0.25) is 5.95 Å². The fourth-order valence-corrected chi connectivity index (χ4v) is 5.10. The molecule has 6 rings (SSSR count). The minimum absolute atomic E-state index is 0.214. The molecule has 0 aliphatic carbocycles. The van der Waals surface area contributed by atoms with Crippen molar-refractivity contribution in [3.8, 4) is 0 Å². The molecule has 0 atom stereocenters. The molecule has 35 heavy (non-hydrogen) atoms. The average Bonchev–Trinajstić information content (AvgIpc) is 3.38. The van der Waals surface area contributed by atoms with Gasteiger partial charge in [-0.15, -0.1) is 0 Å². The first-order chi connectivity index (χ1) is 17.1. The summed E-state index contributed by atoms with van der Waals surface area (Å²) < 4.78 is 17.8. The van der Waals surface area contributed by atoms with Crippen molar-refractivity contribution in [2.24, 2.45) is 0 Å². The number of imidazole rings is 2. The highest BCUT2D eigenvalue weighted by Crippen LogP contribution is 2.25. The number of halogens is 1. The largest absolute Gasteiger partial charge is 0.353 e. The molecule has 1 fully saturated rings. The van der Waals surface area contributed by atoms with Gasteiger partial charge in [0.1, 0.15) is 11.5 Å². The molecule has 1 aliphatic heterocycles.